The lowest BCUT2D eigenvalue weighted by molar-refractivity contribution is 0.0937. The van der Waals surface area contributed by atoms with E-state index in [1.807, 2.05) is 38.1 Å². The molecular weight excluding hydrogens is 318 g/mol. The van der Waals surface area contributed by atoms with E-state index < -0.39 is 0 Å². The van der Waals surface area contributed by atoms with Gasteiger partial charge in [0.2, 0.25) is 0 Å². The van der Waals surface area contributed by atoms with Gasteiger partial charge in [0.25, 0.3) is 5.91 Å². The van der Waals surface area contributed by atoms with Crippen molar-refractivity contribution in [1.29, 1.82) is 0 Å². The molecule has 0 aliphatic carbocycles. The number of methoxy groups -OCH3 is 2. The number of aromatic amines is 1. The van der Waals surface area contributed by atoms with Gasteiger partial charge in [-0.15, -0.1) is 0 Å². The van der Waals surface area contributed by atoms with Crippen LogP contribution in [0.2, 0.25) is 0 Å². The molecule has 2 N–H and O–H groups in total. The fourth-order valence-corrected chi connectivity index (χ4v) is 2.74. The van der Waals surface area contributed by atoms with Gasteiger partial charge in [-0.3, -0.25) is 4.79 Å². The lowest BCUT2D eigenvalue weighted by atomic mass is 10.1. The van der Waals surface area contributed by atoms with Gasteiger partial charge in [-0.05, 0) is 38.1 Å². The number of ether oxygens (including phenoxy) is 2. The predicted molar refractivity (Wildman–Crippen MR) is 96.3 cm³/mol. The Hall–Kier alpha value is -3.02. The van der Waals surface area contributed by atoms with Gasteiger partial charge in [-0.2, -0.15) is 0 Å². The van der Waals surface area contributed by atoms with Crippen molar-refractivity contribution in [2.75, 3.05) is 14.2 Å². The van der Waals surface area contributed by atoms with Gasteiger partial charge in [0.05, 0.1) is 31.3 Å². The molecule has 1 unspecified atom stereocenters. The van der Waals surface area contributed by atoms with Gasteiger partial charge in [0.15, 0.2) is 0 Å². The zero-order valence-corrected chi connectivity index (χ0v) is 14.7. The molecule has 3 aromatic rings. The van der Waals surface area contributed by atoms with Crippen LogP contribution >= 0.6 is 0 Å². The molecule has 0 radical (unpaired) electrons. The SMILES string of the molecule is COc1cc(C(=O)NC(C)c2nc3ccccc3[nH]2)cc(OC)c1C. The first-order valence-corrected chi connectivity index (χ1v) is 8.01. The molecule has 3 rings (SSSR count). The molecule has 0 saturated carbocycles. The molecule has 1 aromatic heterocycles. The van der Waals surface area contributed by atoms with Crippen molar-refractivity contribution in [3.8, 4) is 11.5 Å². The molecule has 2 aromatic carbocycles. The summed E-state index contributed by atoms with van der Waals surface area (Å²) in [6.07, 6.45) is 0. The molecule has 130 valence electrons. The van der Waals surface area contributed by atoms with E-state index in [-0.39, 0.29) is 11.9 Å². The quantitative estimate of drug-likeness (QED) is 0.747. The number of fused-ring (bicyclic) bond motifs is 1. The highest BCUT2D eigenvalue weighted by molar-refractivity contribution is 5.95. The Morgan fingerprint density at radius 1 is 1.16 bits per heavy atom. The number of aromatic nitrogens is 2. The van der Waals surface area contributed by atoms with E-state index in [4.69, 9.17) is 9.47 Å². The van der Waals surface area contributed by atoms with Gasteiger partial charge in [0.1, 0.15) is 17.3 Å². The smallest absolute Gasteiger partial charge is 0.252 e. The first-order chi connectivity index (χ1) is 12.0. The van der Waals surface area contributed by atoms with Crippen LogP contribution in [0.15, 0.2) is 36.4 Å². The molecule has 0 bridgehead atoms. The maximum Gasteiger partial charge on any atom is 0.252 e. The first kappa shape index (κ1) is 16.8. The predicted octanol–water partition coefficient (Wildman–Crippen LogP) is 3.38. The summed E-state index contributed by atoms with van der Waals surface area (Å²) in [6.45, 7) is 3.77. The molecule has 0 fully saturated rings. The van der Waals surface area contributed by atoms with Crippen LogP contribution < -0.4 is 14.8 Å². The fraction of sp³-hybridized carbons (Fsp3) is 0.263. The molecule has 6 nitrogen and oxygen atoms in total. The van der Waals surface area contributed by atoms with Crippen LogP contribution in [0.5, 0.6) is 11.5 Å². The third-order valence-electron chi connectivity index (χ3n) is 4.18. The summed E-state index contributed by atoms with van der Waals surface area (Å²) >= 11 is 0. The van der Waals surface area contributed by atoms with Crippen LogP contribution in [0, 0.1) is 6.92 Å². The lowest BCUT2D eigenvalue weighted by Crippen LogP contribution is -2.27. The van der Waals surface area contributed by atoms with Crippen molar-refractivity contribution >= 4 is 16.9 Å². The lowest BCUT2D eigenvalue weighted by Gasteiger charge is -2.15. The van der Waals surface area contributed by atoms with Crippen molar-refractivity contribution in [3.63, 3.8) is 0 Å². The number of hydrogen-bond acceptors (Lipinski definition) is 4. The number of H-pyrrole nitrogens is 1. The average molecular weight is 339 g/mol. The second-order valence-corrected chi connectivity index (χ2v) is 5.84. The maximum absolute atomic E-state index is 12.6. The average Bonchev–Trinajstić information content (AvgIpc) is 3.06. The molecule has 1 heterocycles. The van der Waals surface area contributed by atoms with Crippen LogP contribution in [0.4, 0.5) is 0 Å². The second-order valence-electron chi connectivity index (χ2n) is 5.84. The number of nitrogens with one attached hydrogen (secondary N) is 2. The molecule has 25 heavy (non-hydrogen) atoms. The van der Waals surface area contributed by atoms with Crippen molar-refractivity contribution in [1.82, 2.24) is 15.3 Å². The van der Waals surface area contributed by atoms with Gasteiger partial charge in [-0.25, -0.2) is 4.98 Å². The van der Waals surface area contributed by atoms with E-state index in [1.54, 1.807) is 26.4 Å². The molecule has 1 atom stereocenters. The van der Waals surface area contributed by atoms with Crippen molar-refractivity contribution in [2.24, 2.45) is 0 Å². The third-order valence-corrected chi connectivity index (χ3v) is 4.18. The number of hydrogen-bond donors (Lipinski definition) is 2. The van der Waals surface area contributed by atoms with Gasteiger partial charge < -0.3 is 19.8 Å². The zero-order valence-electron chi connectivity index (χ0n) is 14.7. The number of carbonyl (C=O) groups excluding carboxylic acids is 1. The van der Waals surface area contributed by atoms with Crippen LogP contribution in [0.1, 0.15) is 34.7 Å². The number of para-hydroxylation sites is 2. The summed E-state index contributed by atoms with van der Waals surface area (Å²) in [4.78, 5) is 20.4. The van der Waals surface area contributed by atoms with Crippen molar-refractivity contribution < 1.29 is 14.3 Å². The van der Waals surface area contributed by atoms with E-state index >= 15 is 0 Å². The molecular formula is C19H21N3O3. The van der Waals surface area contributed by atoms with Crippen LogP contribution in [0.25, 0.3) is 11.0 Å². The molecule has 6 heteroatoms. The second kappa shape index (κ2) is 6.84. The Balaban J connectivity index is 1.83. The molecule has 1 amide bonds. The minimum atomic E-state index is -0.266. The van der Waals surface area contributed by atoms with Crippen LogP contribution in [-0.4, -0.2) is 30.1 Å². The largest absolute Gasteiger partial charge is 0.496 e. The fourth-order valence-electron chi connectivity index (χ4n) is 2.74. The van der Waals surface area contributed by atoms with Gasteiger partial charge >= 0.3 is 0 Å². The Kier molecular flexibility index (Phi) is 4.61. The monoisotopic (exact) mass is 339 g/mol. The topological polar surface area (TPSA) is 76.2 Å². The minimum absolute atomic E-state index is 0.218. The van der Waals surface area contributed by atoms with Crippen LogP contribution in [0.3, 0.4) is 0 Å². The Labute approximate surface area is 146 Å². The molecule has 0 aliphatic rings. The summed E-state index contributed by atoms with van der Waals surface area (Å²) in [7, 11) is 3.14. The van der Waals surface area contributed by atoms with Crippen molar-refractivity contribution in [3.05, 3.63) is 53.3 Å². The molecule has 0 saturated heterocycles. The number of amides is 1. The Morgan fingerprint density at radius 3 is 2.40 bits per heavy atom. The maximum atomic E-state index is 12.6. The number of benzene rings is 2. The van der Waals surface area contributed by atoms with E-state index in [2.05, 4.69) is 15.3 Å². The van der Waals surface area contributed by atoms with E-state index in [9.17, 15) is 4.79 Å². The van der Waals surface area contributed by atoms with E-state index in [1.165, 1.54) is 0 Å². The third kappa shape index (κ3) is 3.28. The number of rotatable bonds is 5. The molecule has 0 aliphatic heterocycles. The number of nitrogens with zero attached hydrogens (tertiary/aromatic N) is 1. The highest BCUT2D eigenvalue weighted by Crippen LogP contribution is 2.29. The number of carbonyl (C=O) groups is 1. The Morgan fingerprint density at radius 2 is 1.80 bits per heavy atom. The standard InChI is InChI=1S/C19H21N3O3/c1-11-16(24-3)9-13(10-17(11)25-4)19(23)20-12(2)18-21-14-7-5-6-8-15(14)22-18/h5-10,12H,1-4H3,(H,20,23)(H,21,22). The van der Waals surface area contributed by atoms with Crippen LogP contribution in [-0.2, 0) is 0 Å². The highest BCUT2D eigenvalue weighted by Gasteiger charge is 2.17. The minimum Gasteiger partial charge on any atom is -0.496 e. The van der Waals surface area contributed by atoms with E-state index in [0.717, 1.165) is 16.6 Å². The summed E-state index contributed by atoms with van der Waals surface area (Å²) < 4.78 is 10.7. The van der Waals surface area contributed by atoms with Gasteiger partial charge in [0, 0.05) is 11.1 Å². The summed E-state index contributed by atoms with van der Waals surface area (Å²) in [6, 6.07) is 10.9. The molecule has 0 spiro atoms. The van der Waals surface area contributed by atoms with Crippen molar-refractivity contribution in [2.45, 2.75) is 19.9 Å². The summed E-state index contributed by atoms with van der Waals surface area (Å²) in [5.74, 6) is 1.71. The first-order valence-electron chi connectivity index (χ1n) is 8.01. The summed E-state index contributed by atoms with van der Waals surface area (Å²) in [5.41, 5.74) is 3.14. The summed E-state index contributed by atoms with van der Waals surface area (Å²) in [5, 5.41) is 2.95. The normalized spacial score (nSPS) is 12.0. The van der Waals surface area contributed by atoms with Gasteiger partial charge in [-0.1, -0.05) is 12.1 Å². The number of imidazole rings is 1. The highest BCUT2D eigenvalue weighted by atomic mass is 16.5. The Bertz CT molecular complexity index is 859. The van der Waals surface area contributed by atoms with E-state index in [0.29, 0.717) is 22.9 Å². The zero-order chi connectivity index (χ0) is 18.0.